The van der Waals surface area contributed by atoms with Gasteiger partial charge in [0, 0.05) is 33.6 Å². The molecule has 0 aliphatic carbocycles. The Morgan fingerprint density at radius 2 is 1.26 bits per heavy atom. The van der Waals surface area contributed by atoms with Crippen LogP contribution in [0.15, 0.2) is 91.0 Å². The van der Waals surface area contributed by atoms with Gasteiger partial charge in [-0.25, -0.2) is 0 Å². The maximum Gasteiger partial charge on any atom is 0.0612 e. The Balaban J connectivity index is 1.96. The van der Waals surface area contributed by atoms with Crippen molar-refractivity contribution in [3.05, 3.63) is 91.0 Å². The largest absolute Gasteiger partial charge is 0.343 e. The summed E-state index contributed by atoms with van der Waals surface area (Å²) in [5.41, 5.74) is 2.69. The van der Waals surface area contributed by atoms with Gasteiger partial charge in [0.25, 0.3) is 0 Å². The molecule has 128 valence electrons. The summed E-state index contributed by atoms with van der Waals surface area (Å²) in [6, 6.07) is 33.4. The summed E-state index contributed by atoms with van der Waals surface area (Å²) in [5.74, 6) is 0. The lowest BCUT2D eigenvalue weighted by Crippen LogP contribution is -1.86. The van der Waals surface area contributed by atoms with Crippen LogP contribution in [-0.4, -0.2) is 4.57 Å². The topological polar surface area (TPSA) is 4.93 Å². The zero-order valence-corrected chi connectivity index (χ0v) is 15.9. The monoisotopic (exact) mass is 363 g/mol. The van der Waals surface area contributed by atoms with E-state index in [1.807, 2.05) is 0 Å². The maximum atomic E-state index is 2.40. The number of benzene rings is 4. The lowest BCUT2D eigenvalue weighted by molar-refractivity contribution is 1.02. The summed E-state index contributed by atoms with van der Waals surface area (Å²) in [4.78, 5) is 0. The van der Waals surface area contributed by atoms with Crippen LogP contribution in [0.2, 0.25) is 0 Å². The highest BCUT2D eigenvalue weighted by molar-refractivity contribution is 7.68. The number of fused-ring (bicyclic) bond motifs is 7. The normalized spacial score (nSPS) is 12.6. The van der Waals surface area contributed by atoms with Crippen molar-refractivity contribution in [3.63, 3.8) is 0 Å². The first-order valence-corrected chi connectivity index (χ1v) is 10.6. The first-order valence-electron chi connectivity index (χ1n) is 9.29. The molecule has 0 bridgehead atoms. The second kappa shape index (κ2) is 5.49. The Bertz CT molecular complexity index is 1470. The highest BCUT2D eigenvalue weighted by Crippen LogP contribution is 2.57. The van der Waals surface area contributed by atoms with Crippen LogP contribution in [0.25, 0.3) is 48.1 Å². The van der Waals surface area contributed by atoms with Gasteiger partial charge in [0.15, 0.2) is 0 Å². The van der Waals surface area contributed by atoms with Crippen LogP contribution >= 0.6 is 7.53 Å². The highest BCUT2D eigenvalue weighted by atomic mass is 31.1. The van der Waals surface area contributed by atoms with E-state index in [4.69, 9.17) is 0 Å². The van der Waals surface area contributed by atoms with Crippen molar-refractivity contribution in [2.24, 2.45) is 7.05 Å². The molecule has 0 aliphatic rings. The fourth-order valence-electron chi connectivity index (χ4n) is 4.56. The molecule has 6 aromatic rings. The molecule has 6 rings (SSSR count). The molecule has 4 aromatic carbocycles. The Morgan fingerprint density at radius 1 is 0.593 bits per heavy atom. The van der Waals surface area contributed by atoms with E-state index in [2.05, 4.69) is 103 Å². The van der Waals surface area contributed by atoms with Crippen molar-refractivity contribution in [1.29, 1.82) is 0 Å². The van der Waals surface area contributed by atoms with Gasteiger partial charge in [0.05, 0.1) is 5.52 Å². The van der Waals surface area contributed by atoms with Crippen molar-refractivity contribution >= 4 is 50.3 Å². The van der Waals surface area contributed by atoms with Crippen LogP contribution in [0.4, 0.5) is 0 Å². The molecule has 0 N–H and O–H groups in total. The lowest BCUT2D eigenvalue weighted by Gasteiger charge is -2.06. The van der Waals surface area contributed by atoms with E-state index in [0.717, 1.165) is 0 Å². The minimum atomic E-state index is -0.546. The number of nitrogens with zero attached hydrogens (tertiary/aromatic N) is 1. The molecular weight excluding hydrogens is 345 g/mol. The lowest BCUT2D eigenvalue weighted by atomic mass is 10.1. The van der Waals surface area contributed by atoms with Crippen molar-refractivity contribution in [1.82, 2.24) is 4.57 Å². The number of aromatic nitrogens is 1. The molecule has 2 heterocycles. The van der Waals surface area contributed by atoms with E-state index in [1.165, 1.54) is 48.1 Å². The summed E-state index contributed by atoms with van der Waals surface area (Å²) in [7, 11) is 1.67. The third-order valence-corrected chi connectivity index (χ3v) is 8.30. The third kappa shape index (κ3) is 1.95. The Morgan fingerprint density at radius 3 is 2.11 bits per heavy atom. The number of aryl methyl sites for hydroxylation is 1. The van der Waals surface area contributed by atoms with Crippen LogP contribution < -0.4 is 0 Å². The molecule has 0 radical (unpaired) electrons. The predicted octanol–water partition coefficient (Wildman–Crippen LogP) is 7.61. The van der Waals surface area contributed by atoms with Crippen LogP contribution in [0.3, 0.4) is 0 Å². The average molecular weight is 363 g/mol. The van der Waals surface area contributed by atoms with Gasteiger partial charge < -0.3 is 4.57 Å². The van der Waals surface area contributed by atoms with Crippen LogP contribution in [0, 0.1) is 0 Å². The fraction of sp³-hybridized carbons (Fsp3) is 0.0400. The Kier molecular flexibility index (Phi) is 3.06. The van der Waals surface area contributed by atoms with E-state index in [9.17, 15) is 0 Å². The van der Waals surface area contributed by atoms with E-state index < -0.39 is 7.53 Å². The van der Waals surface area contributed by atoms with Crippen molar-refractivity contribution in [2.45, 2.75) is 0 Å². The predicted molar refractivity (Wildman–Crippen MR) is 119 cm³/mol. The molecule has 0 fully saturated rings. The first-order chi connectivity index (χ1) is 13.3. The Labute approximate surface area is 158 Å². The van der Waals surface area contributed by atoms with Crippen LogP contribution in [0.1, 0.15) is 0 Å². The second-order valence-corrected chi connectivity index (χ2v) is 9.24. The molecular formula is C25H18NP. The standard InChI is InChI=1S/C25H18NP/c1-26-22-13-7-5-11-18(22)20-15-16-21-19-12-6-8-14-23(19)27(25(21)24(20)26)17-9-3-2-4-10-17/h2-16H,1H3. The fourth-order valence-corrected chi connectivity index (χ4v) is 7.39. The van der Waals surface area contributed by atoms with E-state index >= 15 is 0 Å². The third-order valence-electron chi connectivity index (χ3n) is 5.72. The van der Waals surface area contributed by atoms with Crippen LogP contribution in [0.5, 0.6) is 0 Å². The molecule has 0 aliphatic heterocycles. The number of hydrogen-bond donors (Lipinski definition) is 0. The molecule has 0 amide bonds. The molecule has 1 unspecified atom stereocenters. The van der Waals surface area contributed by atoms with Crippen molar-refractivity contribution in [3.8, 4) is 5.30 Å². The summed E-state index contributed by atoms with van der Waals surface area (Å²) >= 11 is 0. The van der Waals surface area contributed by atoms with E-state index in [-0.39, 0.29) is 0 Å². The smallest absolute Gasteiger partial charge is 0.0612 e. The van der Waals surface area contributed by atoms with Gasteiger partial charge in [-0.2, -0.15) is 0 Å². The molecule has 0 spiro atoms. The maximum absolute atomic E-state index is 2.40. The van der Waals surface area contributed by atoms with Gasteiger partial charge in [0.1, 0.15) is 0 Å². The van der Waals surface area contributed by atoms with Gasteiger partial charge in [-0.15, -0.1) is 0 Å². The zero-order chi connectivity index (χ0) is 18.0. The van der Waals surface area contributed by atoms with Crippen molar-refractivity contribution < 1.29 is 0 Å². The molecule has 0 saturated carbocycles. The average Bonchev–Trinajstić information content (AvgIpc) is 3.22. The van der Waals surface area contributed by atoms with E-state index in [1.54, 1.807) is 0 Å². The summed E-state index contributed by atoms with van der Waals surface area (Å²) < 4.78 is 2.40. The molecule has 0 saturated heterocycles. The first kappa shape index (κ1) is 15.1. The summed E-state index contributed by atoms with van der Waals surface area (Å²) in [6.07, 6.45) is 0. The number of para-hydroxylation sites is 1. The summed E-state index contributed by atoms with van der Waals surface area (Å²) in [6.45, 7) is 0. The quantitative estimate of drug-likeness (QED) is 0.283. The molecule has 2 aromatic heterocycles. The Hall–Kier alpha value is -3.02. The van der Waals surface area contributed by atoms with Crippen molar-refractivity contribution in [2.75, 3.05) is 0 Å². The number of rotatable bonds is 1. The van der Waals surface area contributed by atoms with E-state index in [0.29, 0.717) is 0 Å². The van der Waals surface area contributed by atoms with Gasteiger partial charge in [-0.1, -0.05) is 92.5 Å². The van der Waals surface area contributed by atoms with Crippen LogP contribution in [-0.2, 0) is 7.05 Å². The second-order valence-electron chi connectivity index (χ2n) is 7.12. The molecule has 2 heteroatoms. The van der Waals surface area contributed by atoms with Gasteiger partial charge in [-0.3, -0.25) is 0 Å². The minimum absolute atomic E-state index is 0.546. The minimum Gasteiger partial charge on any atom is -0.343 e. The number of hydrogen-bond acceptors (Lipinski definition) is 0. The molecule has 1 atom stereocenters. The highest BCUT2D eigenvalue weighted by Gasteiger charge is 2.19. The molecule has 27 heavy (non-hydrogen) atoms. The van der Waals surface area contributed by atoms with Gasteiger partial charge >= 0.3 is 0 Å². The SMILES string of the molecule is Cn1c2ccccc2c2ccc3c4ccccc4p(-c4ccccc4)c3c21. The van der Waals surface area contributed by atoms with Gasteiger partial charge in [0.2, 0.25) is 0 Å². The summed E-state index contributed by atoms with van der Waals surface area (Å²) in [5, 5.41) is 9.92. The van der Waals surface area contributed by atoms with Gasteiger partial charge in [-0.05, 0) is 22.1 Å². The molecule has 1 nitrogen and oxygen atoms in total. The zero-order valence-electron chi connectivity index (χ0n) is 15.1.